The van der Waals surface area contributed by atoms with Crippen LogP contribution in [0.2, 0.25) is 0 Å². The lowest BCUT2D eigenvalue weighted by Crippen LogP contribution is -2.45. The normalized spacial score (nSPS) is 15.0. The number of hydrogen-bond donors (Lipinski definition) is 1. The van der Waals surface area contributed by atoms with E-state index in [0.29, 0.717) is 23.4 Å². The quantitative estimate of drug-likeness (QED) is 0.756. The first-order valence-corrected chi connectivity index (χ1v) is 9.09. The molecular weight excluding hydrogens is 352 g/mol. The zero-order valence-corrected chi connectivity index (χ0v) is 15.5. The van der Waals surface area contributed by atoms with Crippen LogP contribution in [-0.2, 0) is 11.2 Å². The maximum atomic E-state index is 13.2. The van der Waals surface area contributed by atoms with Crippen molar-refractivity contribution >= 4 is 23.2 Å². The molecule has 1 heterocycles. The van der Waals surface area contributed by atoms with Gasteiger partial charge in [0.25, 0.3) is 5.91 Å². The summed E-state index contributed by atoms with van der Waals surface area (Å²) in [6.07, 6.45) is 0.468. The van der Waals surface area contributed by atoms with Crippen LogP contribution in [-0.4, -0.2) is 25.0 Å². The molecule has 0 bridgehead atoms. The molecule has 0 aromatic heterocycles. The van der Waals surface area contributed by atoms with E-state index < -0.39 is 6.04 Å². The van der Waals surface area contributed by atoms with Gasteiger partial charge in [0.15, 0.2) is 0 Å². The van der Waals surface area contributed by atoms with E-state index in [9.17, 15) is 9.59 Å². The summed E-state index contributed by atoms with van der Waals surface area (Å²) in [6, 6.07) is 23.3. The van der Waals surface area contributed by atoms with Crippen molar-refractivity contribution in [2.75, 3.05) is 17.3 Å². The van der Waals surface area contributed by atoms with Gasteiger partial charge >= 0.3 is 0 Å². The fourth-order valence-electron chi connectivity index (χ4n) is 3.53. The minimum atomic E-state index is -0.630. The van der Waals surface area contributed by atoms with Crippen LogP contribution in [0, 0.1) is 0 Å². The Balaban J connectivity index is 1.67. The molecule has 5 heteroatoms. The minimum Gasteiger partial charge on any atom is -0.495 e. The van der Waals surface area contributed by atoms with Crippen molar-refractivity contribution in [1.29, 1.82) is 0 Å². The predicted octanol–water partition coefficient (Wildman–Crippen LogP) is 3.91. The number of benzene rings is 3. The molecule has 0 saturated carbocycles. The van der Waals surface area contributed by atoms with Gasteiger partial charge in [0.2, 0.25) is 5.91 Å². The first-order valence-electron chi connectivity index (χ1n) is 9.09. The molecule has 0 spiro atoms. The molecule has 1 aliphatic rings. The molecule has 0 aliphatic carbocycles. The number of nitrogens with one attached hydrogen (secondary N) is 1. The zero-order chi connectivity index (χ0) is 19.5. The number of anilines is 2. The highest BCUT2D eigenvalue weighted by molar-refractivity contribution is 6.13. The number of nitrogens with zero attached hydrogens (tertiary/aromatic N) is 1. The van der Waals surface area contributed by atoms with Crippen LogP contribution in [0.5, 0.6) is 5.75 Å². The molecule has 4 rings (SSSR count). The van der Waals surface area contributed by atoms with Crippen LogP contribution in [0.3, 0.4) is 0 Å². The van der Waals surface area contributed by atoms with Crippen LogP contribution in [0.4, 0.5) is 11.4 Å². The molecule has 3 aromatic carbocycles. The molecule has 1 atom stereocenters. The monoisotopic (exact) mass is 372 g/mol. The molecule has 1 aliphatic heterocycles. The standard InChI is InChI=1S/C23H20N2O3/c1-28-21-14-8-6-12-18(21)24-22(26)20-15-17-11-5-7-13-19(17)25(20)23(27)16-9-3-2-4-10-16/h2-14,20H,15H2,1H3,(H,24,26). The molecule has 3 aromatic rings. The largest absolute Gasteiger partial charge is 0.495 e. The lowest BCUT2D eigenvalue weighted by Gasteiger charge is -2.25. The molecule has 0 fully saturated rings. The lowest BCUT2D eigenvalue weighted by atomic mass is 10.1. The van der Waals surface area contributed by atoms with Crippen molar-refractivity contribution in [3.63, 3.8) is 0 Å². The molecule has 1 unspecified atom stereocenters. The van der Waals surface area contributed by atoms with Crippen molar-refractivity contribution in [2.45, 2.75) is 12.5 Å². The average molecular weight is 372 g/mol. The summed E-state index contributed by atoms with van der Waals surface area (Å²) in [4.78, 5) is 28.0. The molecular formula is C23H20N2O3. The fraction of sp³-hybridized carbons (Fsp3) is 0.130. The van der Waals surface area contributed by atoms with Crippen LogP contribution in [0.25, 0.3) is 0 Å². The summed E-state index contributed by atoms with van der Waals surface area (Å²) in [7, 11) is 1.56. The van der Waals surface area contributed by atoms with Gasteiger partial charge in [0, 0.05) is 17.7 Å². The third kappa shape index (κ3) is 3.22. The number of carbonyl (C=O) groups excluding carboxylic acids is 2. The summed E-state index contributed by atoms with van der Waals surface area (Å²) in [5.74, 6) is 0.142. The Morgan fingerprint density at radius 2 is 1.61 bits per heavy atom. The number of methoxy groups -OCH3 is 1. The summed E-state index contributed by atoms with van der Waals surface area (Å²) < 4.78 is 5.32. The van der Waals surface area contributed by atoms with E-state index >= 15 is 0 Å². The predicted molar refractivity (Wildman–Crippen MR) is 109 cm³/mol. The lowest BCUT2D eigenvalue weighted by molar-refractivity contribution is -0.117. The van der Waals surface area contributed by atoms with Crippen molar-refractivity contribution in [1.82, 2.24) is 0 Å². The van der Waals surface area contributed by atoms with E-state index in [2.05, 4.69) is 5.32 Å². The Labute approximate surface area is 163 Å². The molecule has 1 N–H and O–H groups in total. The Kier molecular flexibility index (Phi) is 4.81. The fourth-order valence-corrected chi connectivity index (χ4v) is 3.53. The Morgan fingerprint density at radius 1 is 0.929 bits per heavy atom. The third-order valence-corrected chi connectivity index (χ3v) is 4.88. The summed E-state index contributed by atoms with van der Waals surface area (Å²) in [6.45, 7) is 0. The molecule has 0 radical (unpaired) electrons. The second-order valence-electron chi connectivity index (χ2n) is 6.58. The van der Waals surface area contributed by atoms with Gasteiger partial charge in [-0.1, -0.05) is 48.5 Å². The highest BCUT2D eigenvalue weighted by Gasteiger charge is 2.38. The second-order valence-corrected chi connectivity index (χ2v) is 6.58. The van der Waals surface area contributed by atoms with Gasteiger partial charge in [-0.2, -0.15) is 0 Å². The van der Waals surface area contributed by atoms with Crippen molar-refractivity contribution in [2.24, 2.45) is 0 Å². The van der Waals surface area contributed by atoms with Crippen LogP contribution < -0.4 is 15.0 Å². The first kappa shape index (κ1) is 17.8. The Morgan fingerprint density at radius 3 is 2.39 bits per heavy atom. The van der Waals surface area contributed by atoms with Gasteiger partial charge in [-0.05, 0) is 35.9 Å². The van der Waals surface area contributed by atoms with Crippen molar-refractivity contribution < 1.29 is 14.3 Å². The van der Waals surface area contributed by atoms with Gasteiger partial charge < -0.3 is 10.1 Å². The average Bonchev–Trinajstić information content (AvgIpc) is 3.14. The van der Waals surface area contributed by atoms with E-state index in [1.807, 2.05) is 54.6 Å². The number of para-hydroxylation sites is 3. The topological polar surface area (TPSA) is 58.6 Å². The van der Waals surface area contributed by atoms with E-state index in [-0.39, 0.29) is 11.8 Å². The number of ether oxygens (including phenoxy) is 1. The van der Waals surface area contributed by atoms with Gasteiger partial charge in [-0.25, -0.2) is 0 Å². The smallest absolute Gasteiger partial charge is 0.259 e. The van der Waals surface area contributed by atoms with Gasteiger partial charge in [-0.15, -0.1) is 0 Å². The van der Waals surface area contributed by atoms with Gasteiger partial charge in [0.05, 0.1) is 12.8 Å². The Bertz CT molecular complexity index is 1020. The van der Waals surface area contributed by atoms with Crippen molar-refractivity contribution in [3.05, 3.63) is 90.0 Å². The summed E-state index contributed by atoms with van der Waals surface area (Å²) >= 11 is 0. The zero-order valence-electron chi connectivity index (χ0n) is 15.5. The van der Waals surface area contributed by atoms with Gasteiger partial charge in [-0.3, -0.25) is 14.5 Å². The van der Waals surface area contributed by atoms with Crippen LogP contribution in [0.1, 0.15) is 15.9 Å². The number of carbonyl (C=O) groups is 2. The maximum Gasteiger partial charge on any atom is 0.259 e. The minimum absolute atomic E-state index is 0.189. The number of rotatable bonds is 4. The maximum absolute atomic E-state index is 13.2. The second kappa shape index (κ2) is 7.56. The third-order valence-electron chi connectivity index (χ3n) is 4.88. The summed E-state index contributed by atoms with van der Waals surface area (Å²) in [5.41, 5.74) is 2.89. The first-order chi connectivity index (χ1) is 13.7. The number of amides is 2. The van der Waals surface area contributed by atoms with Crippen LogP contribution in [0.15, 0.2) is 78.9 Å². The van der Waals surface area contributed by atoms with E-state index in [0.717, 1.165) is 11.3 Å². The molecule has 140 valence electrons. The SMILES string of the molecule is COc1ccccc1NC(=O)C1Cc2ccccc2N1C(=O)c1ccccc1. The highest BCUT2D eigenvalue weighted by Crippen LogP contribution is 2.34. The molecule has 0 saturated heterocycles. The van der Waals surface area contributed by atoms with Crippen molar-refractivity contribution in [3.8, 4) is 5.75 Å². The van der Waals surface area contributed by atoms with E-state index in [4.69, 9.17) is 4.74 Å². The molecule has 2 amide bonds. The Hall–Kier alpha value is -3.60. The van der Waals surface area contributed by atoms with E-state index in [1.54, 1.807) is 36.3 Å². The molecule has 5 nitrogen and oxygen atoms in total. The van der Waals surface area contributed by atoms with Crippen LogP contribution >= 0.6 is 0 Å². The number of fused-ring (bicyclic) bond motifs is 1. The van der Waals surface area contributed by atoms with Gasteiger partial charge in [0.1, 0.15) is 11.8 Å². The molecule has 28 heavy (non-hydrogen) atoms. The number of hydrogen-bond acceptors (Lipinski definition) is 3. The van der Waals surface area contributed by atoms with E-state index in [1.165, 1.54) is 0 Å². The highest BCUT2D eigenvalue weighted by atomic mass is 16.5. The summed E-state index contributed by atoms with van der Waals surface area (Å²) in [5, 5.41) is 2.92.